The van der Waals surface area contributed by atoms with Crippen molar-refractivity contribution in [1.82, 2.24) is 14.8 Å². The van der Waals surface area contributed by atoms with Crippen molar-refractivity contribution in [3.8, 4) is 0 Å². The highest BCUT2D eigenvalue weighted by molar-refractivity contribution is 7.84. The molecule has 0 spiro atoms. The first-order valence-electron chi connectivity index (χ1n) is 15.0. The number of nitrogens with zero attached hydrogens (tertiary/aromatic N) is 2. The molecule has 1 unspecified atom stereocenters. The number of aryl methyl sites for hydroxylation is 1. The molecule has 2 fully saturated rings. The van der Waals surface area contributed by atoms with Crippen molar-refractivity contribution in [2.75, 3.05) is 31.6 Å². The van der Waals surface area contributed by atoms with Crippen LogP contribution in [0.3, 0.4) is 0 Å². The van der Waals surface area contributed by atoms with Gasteiger partial charge in [-0.15, -0.1) is 0 Å². The maximum absolute atomic E-state index is 13.9. The monoisotopic (exact) mass is 672 g/mol. The van der Waals surface area contributed by atoms with Crippen molar-refractivity contribution in [2.24, 2.45) is 0 Å². The first kappa shape index (κ1) is 33.4. The lowest BCUT2D eigenvalue weighted by atomic mass is 10.0. The van der Waals surface area contributed by atoms with Crippen LogP contribution in [-0.2, 0) is 21.3 Å². The van der Waals surface area contributed by atoms with E-state index in [9.17, 15) is 18.9 Å². The van der Waals surface area contributed by atoms with Crippen LogP contribution in [0.25, 0.3) is 11.6 Å². The van der Waals surface area contributed by atoms with E-state index in [4.69, 9.17) is 23.2 Å². The molecule has 3 aliphatic heterocycles. The number of anilines is 1. The Balaban J connectivity index is 0.00000400. The van der Waals surface area contributed by atoms with E-state index in [2.05, 4.69) is 15.2 Å². The average molecular weight is 674 g/mol. The summed E-state index contributed by atoms with van der Waals surface area (Å²) in [6.45, 7) is 6.38. The first-order chi connectivity index (χ1) is 21.2. The molecule has 3 aliphatic rings. The highest BCUT2D eigenvalue weighted by atomic mass is 35.5. The highest BCUT2D eigenvalue weighted by Gasteiger charge is 2.36. The number of H-pyrrole nitrogens is 1. The molecule has 240 valence electrons. The Bertz CT molecular complexity index is 1670. The fourth-order valence-corrected chi connectivity index (χ4v) is 8.67. The second kappa shape index (κ2) is 13.8. The SMILES string of the molecule is Cc1[nH]c(/C=C2\C(=O)Nc3ccc(S(=O)Cc4c(Cl)cccc4Cl)cc32)c(C)c1C(=O)N1CCC[C@@H]1CN1CCC[C@H]1CO.O. The minimum atomic E-state index is -1.45. The van der Waals surface area contributed by atoms with Crippen LogP contribution in [0.1, 0.15) is 64.1 Å². The molecule has 2 amide bonds. The summed E-state index contributed by atoms with van der Waals surface area (Å²) in [6.07, 6.45) is 5.74. The quantitative estimate of drug-likeness (QED) is 0.290. The van der Waals surface area contributed by atoms with Gasteiger partial charge in [-0.3, -0.25) is 18.7 Å². The van der Waals surface area contributed by atoms with Gasteiger partial charge in [0.25, 0.3) is 11.8 Å². The van der Waals surface area contributed by atoms with Gasteiger partial charge < -0.3 is 25.8 Å². The van der Waals surface area contributed by atoms with Crippen LogP contribution in [0.2, 0.25) is 10.0 Å². The summed E-state index contributed by atoms with van der Waals surface area (Å²) in [7, 11) is -1.45. The van der Waals surface area contributed by atoms with Gasteiger partial charge in [-0.2, -0.15) is 0 Å². The number of nitrogens with one attached hydrogen (secondary N) is 2. The molecule has 9 nitrogen and oxygen atoms in total. The van der Waals surface area contributed by atoms with Gasteiger partial charge in [0.05, 0.1) is 34.3 Å². The Morgan fingerprint density at radius 3 is 2.53 bits per heavy atom. The molecule has 0 saturated carbocycles. The van der Waals surface area contributed by atoms with E-state index in [1.54, 1.807) is 42.5 Å². The summed E-state index contributed by atoms with van der Waals surface area (Å²) < 4.78 is 13.3. The fourth-order valence-electron chi connectivity index (χ4n) is 6.77. The maximum Gasteiger partial charge on any atom is 0.256 e. The molecule has 0 aliphatic carbocycles. The zero-order chi connectivity index (χ0) is 31.1. The van der Waals surface area contributed by atoms with Gasteiger partial charge in [-0.25, -0.2) is 0 Å². The van der Waals surface area contributed by atoms with Crippen LogP contribution in [0, 0.1) is 13.8 Å². The van der Waals surface area contributed by atoms with E-state index in [0.29, 0.717) is 55.1 Å². The number of aliphatic hydroxyl groups excluding tert-OH is 1. The number of likely N-dealkylation sites (tertiary alicyclic amines) is 2. The lowest BCUT2D eigenvalue weighted by Crippen LogP contribution is -2.45. The second-order valence-corrected chi connectivity index (χ2v) is 14.1. The smallest absolute Gasteiger partial charge is 0.256 e. The van der Waals surface area contributed by atoms with Gasteiger partial charge in [0.15, 0.2) is 0 Å². The average Bonchev–Trinajstić information content (AvgIpc) is 3.78. The number of hydrogen-bond donors (Lipinski definition) is 3. The van der Waals surface area contributed by atoms with Crippen LogP contribution in [0.4, 0.5) is 5.69 Å². The van der Waals surface area contributed by atoms with Crippen molar-refractivity contribution >= 4 is 63.2 Å². The lowest BCUT2D eigenvalue weighted by molar-refractivity contribution is -0.110. The van der Waals surface area contributed by atoms with E-state index >= 15 is 0 Å². The number of aromatic amines is 1. The van der Waals surface area contributed by atoms with Gasteiger partial charge in [0, 0.05) is 68.3 Å². The standard InChI is InChI=1S/C33H36Cl2N4O4S.H2O/c1-19-30(36-20(2)31(19)33(42)39-13-5-6-21(39)16-38-12-4-7-22(38)17-40)15-25-24-14-23(10-11-29(24)37-32(25)41)44(43)18-26-27(34)8-3-9-28(26)35;/h3,8-11,14-15,21-22,36,40H,4-7,12-13,16-18H2,1-2H3,(H,37,41);1H2/b25-15-;/t21-,22+,44?;/m1./s1. The summed E-state index contributed by atoms with van der Waals surface area (Å²) in [5.74, 6) is -0.121. The number of halogens is 2. The number of rotatable bonds is 8. The number of hydrogen-bond acceptors (Lipinski definition) is 5. The number of amides is 2. The molecular weight excluding hydrogens is 635 g/mol. The van der Waals surface area contributed by atoms with Crippen molar-refractivity contribution in [3.63, 3.8) is 0 Å². The number of fused-ring (bicyclic) bond motifs is 1. The normalized spacial score (nSPS) is 21.2. The van der Waals surface area contributed by atoms with Crippen molar-refractivity contribution in [3.05, 3.63) is 80.1 Å². The molecule has 5 N–H and O–H groups in total. The minimum Gasteiger partial charge on any atom is -0.412 e. The Morgan fingerprint density at radius 1 is 1.09 bits per heavy atom. The van der Waals surface area contributed by atoms with Gasteiger partial charge in [0.2, 0.25) is 0 Å². The largest absolute Gasteiger partial charge is 0.412 e. The summed E-state index contributed by atoms with van der Waals surface area (Å²) in [5.41, 5.74) is 5.19. The van der Waals surface area contributed by atoms with E-state index in [-0.39, 0.29) is 41.7 Å². The third-order valence-electron chi connectivity index (χ3n) is 9.15. The third-order valence-corrected chi connectivity index (χ3v) is 11.2. The van der Waals surface area contributed by atoms with E-state index in [0.717, 1.165) is 50.0 Å². The summed E-state index contributed by atoms with van der Waals surface area (Å²) >= 11 is 12.6. The maximum atomic E-state index is 13.9. The fraction of sp³-hybridized carbons (Fsp3) is 0.394. The zero-order valence-corrected chi connectivity index (χ0v) is 27.6. The minimum absolute atomic E-state index is 0. The summed E-state index contributed by atoms with van der Waals surface area (Å²) in [6, 6.07) is 10.7. The van der Waals surface area contributed by atoms with Crippen LogP contribution in [-0.4, -0.2) is 79.7 Å². The molecular formula is C33H38Cl2N4O5S. The lowest BCUT2D eigenvalue weighted by Gasteiger charge is -2.31. The molecule has 12 heteroatoms. The van der Waals surface area contributed by atoms with E-state index in [1.807, 2.05) is 18.7 Å². The van der Waals surface area contributed by atoms with Gasteiger partial charge in [-0.1, -0.05) is 29.3 Å². The van der Waals surface area contributed by atoms with Gasteiger partial charge >= 0.3 is 0 Å². The molecule has 4 heterocycles. The number of aromatic nitrogens is 1. The zero-order valence-electron chi connectivity index (χ0n) is 25.3. The van der Waals surface area contributed by atoms with E-state index < -0.39 is 10.8 Å². The number of carbonyl (C=O) groups is 2. The van der Waals surface area contributed by atoms with Gasteiger partial charge in [-0.05, 0) is 88.0 Å². The predicted molar refractivity (Wildman–Crippen MR) is 179 cm³/mol. The van der Waals surface area contributed by atoms with Crippen LogP contribution >= 0.6 is 23.2 Å². The summed E-state index contributed by atoms with van der Waals surface area (Å²) in [5, 5.41) is 13.6. The summed E-state index contributed by atoms with van der Waals surface area (Å²) in [4.78, 5) is 35.2. The predicted octanol–water partition coefficient (Wildman–Crippen LogP) is 4.98. The van der Waals surface area contributed by atoms with E-state index in [1.165, 1.54) is 0 Å². The van der Waals surface area contributed by atoms with Crippen LogP contribution < -0.4 is 5.32 Å². The molecule has 3 atom stereocenters. The van der Waals surface area contributed by atoms with Crippen LogP contribution in [0.15, 0.2) is 41.3 Å². The van der Waals surface area contributed by atoms with Crippen LogP contribution in [0.5, 0.6) is 0 Å². The molecule has 3 aromatic rings. The number of carbonyl (C=O) groups excluding carboxylic acids is 2. The van der Waals surface area contributed by atoms with Crippen molar-refractivity contribution < 1.29 is 24.4 Å². The third kappa shape index (κ3) is 6.50. The number of aliphatic hydroxyl groups is 1. The Labute approximate surface area is 275 Å². The van der Waals surface area contributed by atoms with Crippen molar-refractivity contribution in [2.45, 2.75) is 62.3 Å². The molecule has 6 rings (SSSR count). The molecule has 2 aromatic carbocycles. The Morgan fingerprint density at radius 2 is 1.80 bits per heavy atom. The first-order valence-corrected chi connectivity index (χ1v) is 17.1. The topological polar surface area (TPSA) is 137 Å². The molecule has 45 heavy (non-hydrogen) atoms. The molecule has 0 radical (unpaired) electrons. The highest BCUT2D eigenvalue weighted by Crippen LogP contribution is 2.37. The molecule has 2 saturated heterocycles. The Hall–Kier alpha value is -2.99. The number of benzene rings is 2. The molecule has 0 bridgehead atoms. The second-order valence-electron chi connectivity index (χ2n) is 11.8. The van der Waals surface area contributed by atoms with Gasteiger partial charge in [0.1, 0.15) is 0 Å². The molecule has 1 aromatic heterocycles. The Kier molecular flexibility index (Phi) is 10.2. The van der Waals surface area contributed by atoms with Crippen molar-refractivity contribution in [1.29, 1.82) is 0 Å².